The fourth-order valence-corrected chi connectivity index (χ4v) is 3.71. The molecule has 146 valence electrons. The third-order valence-electron chi connectivity index (χ3n) is 5.20. The number of fused-ring (bicyclic) bond motifs is 1. The van der Waals surface area contributed by atoms with Gasteiger partial charge in [-0.15, -0.1) is 0 Å². The minimum Gasteiger partial charge on any atom is -0.493 e. The number of ether oxygens (including phenoxy) is 1. The van der Waals surface area contributed by atoms with Crippen molar-refractivity contribution >= 4 is 10.8 Å². The first-order valence-corrected chi connectivity index (χ1v) is 10.2. The molecule has 0 radical (unpaired) electrons. The molecule has 0 aromatic heterocycles. The van der Waals surface area contributed by atoms with Gasteiger partial charge in [0.15, 0.2) is 0 Å². The summed E-state index contributed by atoms with van der Waals surface area (Å²) in [4.78, 5) is 0. The van der Waals surface area contributed by atoms with E-state index in [0.717, 1.165) is 25.3 Å². The van der Waals surface area contributed by atoms with Gasteiger partial charge >= 0.3 is 0 Å². The average molecular weight is 382 g/mol. The van der Waals surface area contributed by atoms with E-state index in [1.54, 1.807) is 0 Å². The Morgan fingerprint density at radius 2 is 1.52 bits per heavy atom. The zero-order chi connectivity index (χ0) is 19.9. The molecule has 0 aliphatic carbocycles. The highest BCUT2D eigenvalue weighted by atomic mass is 16.5. The van der Waals surface area contributed by atoms with Crippen LogP contribution in [0.2, 0.25) is 0 Å². The van der Waals surface area contributed by atoms with Crippen molar-refractivity contribution in [2.45, 2.75) is 26.4 Å². The maximum absolute atomic E-state index is 6.23. The smallest absolute Gasteiger partial charge is 0.124 e. The van der Waals surface area contributed by atoms with Gasteiger partial charge < -0.3 is 10.1 Å². The van der Waals surface area contributed by atoms with Crippen molar-refractivity contribution in [1.82, 2.24) is 5.32 Å². The molecule has 0 aliphatic heterocycles. The Balaban J connectivity index is 1.49. The summed E-state index contributed by atoms with van der Waals surface area (Å²) in [6.45, 7) is 4.42. The van der Waals surface area contributed by atoms with E-state index in [0.29, 0.717) is 6.61 Å². The lowest BCUT2D eigenvalue weighted by Crippen LogP contribution is -2.14. The number of hydrogen-bond donors (Lipinski definition) is 1. The fourth-order valence-electron chi connectivity index (χ4n) is 3.71. The van der Waals surface area contributed by atoms with Crippen molar-refractivity contribution in [1.29, 1.82) is 0 Å². The van der Waals surface area contributed by atoms with Crippen LogP contribution in [0.3, 0.4) is 0 Å². The summed E-state index contributed by atoms with van der Waals surface area (Å²) in [5.74, 6) is 0.969. The summed E-state index contributed by atoms with van der Waals surface area (Å²) in [7, 11) is 0. The second-order valence-corrected chi connectivity index (χ2v) is 7.44. The summed E-state index contributed by atoms with van der Waals surface area (Å²) < 4.78 is 6.23. The molecule has 0 saturated carbocycles. The van der Waals surface area contributed by atoms with Gasteiger partial charge in [-0.3, -0.25) is 0 Å². The van der Waals surface area contributed by atoms with Gasteiger partial charge in [-0.1, -0.05) is 90.5 Å². The summed E-state index contributed by atoms with van der Waals surface area (Å²) >= 11 is 0. The normalized spacial score (nSPS) is 10.9. The summed E-state index contributed by atoms with van der Waals surface area (Å²) in [5, 5.41) is 6.10. The van der Waals surface area contributed by atoms with Crippen molar-refractivity contribution in [3.05, 3.63) is 113 Å². The molecule has 1 N–H and O–H groups in total. The molecule has 29 heavy (non-hydrogen) atoms. The van der Waals surface area contributed by atoms with Crippen LogP contribution < -0.4 is 10.1 Å². The molecule has 4 rings (SSSR count). The monoisotopic (exact) mass is 381 g/mol. The van der Waals surface area contributed by atoms with Crippen molar-refractivity contribution in [2.24, 2.45) is 0 Å². The molecule has 0 fully saturated rings. The number of benzene rings is 4. The molecule has 2 nitrogen and oxygen atoms in total. The van der Waals surface area contributed by atoms with E-state index in [-0.39, 0.29) is 0 Å². The van der Waals surface area contributed by atoms with Gasteiger partial charge in [0.2, 0.25) is 0 Å². The average Bonchev–Trinajstić information content (AvgIpc) is 2.75. The third kappa shape index (κ3) is 5.04. The van der Waals surface area contributed by atoms with E-state index in [1.165, 1.54) is 33.0 Å². The summed E-state index contributed by atoms with van der Waals surface area (Å²) in [5.41, 5.74) is 5.12. The topological polar surface area (TPSA) is 21.3 Å². The van der Waals surface area contributed by atoms with Crippen LogP contribution in [0.15, 0.2) is 91.0 Å². The van der Waals surface area contributed by atoms with Crippen LogP contribution in [-0.4, -0.2) is 6.61 Å². The second-order valence-electron chi connectivity index (χ2n) is 7.44. The SMILES string of the molecule is Cc1cccc(CNCc2c(OCCc3ccccc3)ccc3ccccc23)c1. The summed E-state index contributed by atoms with van der Waals surface area (Å²) in [6.07, 6.45) is 0.907. The molecule has 2 heteroatoms. The van der Waals surface area contributed by atoms with Gasteiger partial charge in [0.05, 0.1) is 6.61 Å². The molecule has 4 aromatic rings. The first-order chi connectivity index (χ1) is 14.3. The zero-order valence-corrected chi connectivity index (χ0v) is 16.9. The molecular weight excluding hydrogens is 354 g/mol. The molecule has 0 heterocycles. The minimum absolute atomic E-state index is 0.674. The van der Waals surface area contributed by atoms with E-state index in [4.69, 9.17) is 4.74 Å². The Kier molecular flexibility index (Phi) is 6.23. The first-order valence-electron chi connectivity index (χ1n) is 10.2. The van der Waals surface area contributed by atoms with Crippen LogP contribution in [0.5, 0.6) is 5.75 Å². The van der Waals surface area contributed by atoms with Crippen molar-refractivity contribution in [3.8, 4) is 5.75 Å². The van der Waals surface area contributed by atoms with Gasteiger partial charge in [-0.2, -0.15) is 0 Å². The quantitative estimate of drug-likeness (QED) is 0.400. The Labute approximate surface area is 173 Å². The lowest BCUT2D eigenvalue weighted by molar-refractivity contribution is 0.318. The Morgan fingerprint density at radius 1 is 0.724 bits per heavy atom. The lowest BCUT2D eigenvalue weighted by atomic mass is 10.0. The summed E-state index contributed by atoms with van der Waals surface area (Å²) in [6, 6.07) is 31.9. The minimum atomic E-state index is 0.674. The van der Waals surface area contributed by atoms with Crippen molar-refractivity contribution in [3.63, 3.8) is 0 Å². The number of hydrogen-bond acceptors (Lipinski definition) is 2. The van der Waals surface area contributed by atoms with Crippen LogP contribution in [0.4, 0.5) is 0 Å². The predicted octanol–water partition coefficient (Wildman–Crippen LogP) is 6.06. The van der Waals surface area contributed by atoms with E-state index in [2.05, 4.69) is 97.2 Å². The maximum Gasteiger partial charge on any atom is 0.124 e. The molecular formula is C27H27NO. The number of aryl methyl sites for hydroxylation is 1. The van der Waals surface area contributed by atoms with Gasteiger partial charge in [0.25, 0.3) is 0 Å². The van der Waals surface area contributed by atoms with Crippen LogP contribution in [0.1, 0.15) is 22.3 Å². The van der Waals surface area contributed by atoms with Gasteiger partial charge in [-0.05, 0) is 34.9 Å². The van der Waals surface area contributed by atoms with Crippen LogP contribution >= 0.6 is 0 Å². The molecule has 0 bridgehead atoms. The van der Waals surface area contributed by atoms with Gasteiger partial charge in [0.1, 0.15) is 5.75 Å². The molecule has 0 saturated heterocycles. The van der Waals surface area contributed by atoms with Gasteiger partial charge in [-0.25, -0.2) is 0 Å². The highest BCUT2D eigenvalue weighted by molar-refractivity contribution is 5.87. The van der Waals surface area contributed by atoms with Crippen LogP contribution in [0.25, 0.3) is 10.8 Å². The number of rotatable bonds is 8. The highest BCUT2D eigenvalue weighted by Crippen LogP contribution is 2.28. The second kappa shape index (κ2) is 9.40. The van der Waals surface area contributed by atoms with E-state index in [1.807, 2.05) is 6.07 Å². The van der Waals surface area contributed by atoms with Crippen LogP contribution in [-0.2, 0) is 19.5 Å². The fraction of sp³-hybridized carbons (Fsp3) is 0.185. The van der Waals surface area contributed by atoms with Crippen molar-refractivity contribution in [2.75, 3.05) is 6.61 Å². The first kappa shape index (κ1) is 19.2. The maximum atomic E-state index is 6.23. The third-order valence-corrected chi connectivity index (χ3v) is 5.20. The molecule has 0 unspecified atom stereocenters. The Bertz CT molecular complexity index is 1070. The van der Waals surface area contributed by atoms with E-state index >= 15 is 0 Å². The largest absolute Gasteiger partial charge is 0.493 e. The van der Waals surface area contributed by atoms with E-state index < -0.39 is 0 Å². The highest BCUT2D eigenvalue weighted by Gasteiger charge is 2.09. The lowest BCUT2D eigenvalue weighted by Gasteiger charge is -2.15. The molecule has 0 spiro atoms. The van der Waals surface area contributed by atoms with Crippen molar-refractivity contribution < 1.29 is 4.74 Å². The standard InChI is InChI=1S/C27H27NO/c1-21-8-7-11-23(18-21)19-28-20-26-25-13-6-5-12-24(25)14-15-27(26)29-17-16-22-9-3-2-4-10-22/h2-15,18,28H,16-17,19-20H2,1H3. The van der Waals surface area contributed by atoms with Gasteiger partial charge in [0, 0.05) is 25.1 Å². The van der Waals surface area contributed by atoms with E-state index in [9.17, 15) is 0 Å². The molecule has 0 amide bonds. The van der Waals surface area contributed by atoms with Crippen LogP contribution in [0, 0.1) is 6.92 Å². The Hall–Kier alpha value is -3.10. The Morgan fingerprint density at radius 3 is 2.38 bits per heavy atom. The predicted molar refractivity (Wildman–Crippen MR) is 121 cm³/mol. The molecule has 0 atom stereocenters. The zero-order valence-electron chi connectivity index (χ0n) is 16.9. The molecule has 0 aliphatic rings. The molecule has 4 aromatic carbocycles. The number of nitrogens with one attached hydrogen (secondary N) is 1.